The number of carbonyl (C=O) groups is 5. The minimum Gasteiger partial charge on any atom is -0.460 e. The van der Waals surface area contributed by atoms with Crippen molar-refractivity contribution in [2.24, 2.45) is 41.4 Å². The highest BCUT2D eigenvalue weighted by Gasteiger charge is 2.53. The average molecular weight is 918 g/mol. The summed E-state index contributed by atoms with van der Waals surface area (Å²) in [5.74, 6) is -7.54. The highest BCUT2D eigenvalue weighted by atomic mass is 16.6. The molecule has 370 valence electrons. The number of piperidine rings is 1. The number of carbonyl (C=O) groups excluding carboxylic acids is 5. The van der Waals surface area contributed by atoms with Gasteiger partial charge >= 0.3 is 5.97 Å². The fourth-order valence-corrected chi connectivity index (χ4v) is 10.7. The summed E-state index contributed by atoms with van der Waals surface area (Å²) in [6.07, 6.45) is 9.05. The summed E-state index contributed by atoms with van der Waals surface area (Å²) in [5.41, 5.74) is 0.401. The van der Waals surface area contributed by atoms with Crippen molar-refractivity contribution in [3.63, 3.8) is 0 Å². The van der Waals surface area contributed by atoms with Gasteiger partial charge in [0.15, 0.2) is 5.78 Å². The van der Waals surface area contributed by atoms with Crippen molar-refractivity contribution in [3.05, 3.63) is 23.8 Å². The Bertz CT molecular complexity index is 1650. The number of Topliss-reactive ketones (excluding diaryl/α,β-unsaturated/α-hetero) is 3. The molecular weight excluding hydrogens is 835 g/mol. The van der Waals surface area contributed by atoms with E-state index in [1.807, 2.05) is 13.8 Å². The van der Waals surface area contributed by atoms with E-state index in [9.17, 15) is 39.3 Å². The van der Waals surface area contributed by atoms with Crippen LogP contribution in [0.1, 0.15) is 145 Å². The van der Waals surface area contributed by atoms with E-state index in [-0.39, 0.29) is 66.8 Å². The van der Waals surface area contributed by atoms with Crippen LogP contribution in [0.3, 0.4) is 0 Å². The monoisotopic (exact) mass is 918 g/mol. The van der Waals surface area contributed by atoms with Crippen LogP contribution in [0.15, 0.2) is 23.8 Å². The first-order valence-corrected chi connectivity index (χ1v) is 24.6. The van der Waals surface area contributed by atoms with E-state index >= 15 is 0 Å². The predicted octanol–water partition coefficient (Wildman–Crippen LogP) is 6.48. The largest absolute Gasteiger partial charge is 0.460 e. The maximum atomic E-state index is 14.4. The smallest absolute Gasteiger partial charge is 0.329 e. The standard InChI is InChI=1S/C51H83NO13/c1-30-16-12-11-13-17-31(2)42(61-8)28-38-21-19-36(7)51(60,65-38)48(57)49(58)52-23-15-14-18-39(52)50(59)64-43(33(4)26-37-20-22-40(53)44(27-37)62-9)29-41(54)32(3)25-35(6)46(56)47(63-10)45(55)34(5)24-30/h12,16,25,30-34,36-40,42-44,46-47,53,56,60H,11,13-15,17-24,26-29H2,1-10H3/b16-12+,35-25+/t30-,31?,32-,33-,34-,36-,37-,38+,39+,40-,42+,43+,44-,46-,47+,51-/m1/s1. The van der Waals surface area contributed by atoms with Gasteiger partial charge < -0.3 is 43.9 Å². The molecule has 1 aliphatic carbocycles. The number of fused-ring (bicyclic) bond motifs is 3. The van der Waals surface area contributed by atoms with E-state index in [1.54, 1.807) is 41.1 Å². The van der Waals surface area contributed by atoms with E-state index in [1.165, 1.54) is 12.0 Å². The van der Waals surface area contributed by atoms with Crippen molar-refractivity contribution in [2.45, 2.75) is 199 Å². The molecule has 16 atom stereocenters. The Morgan fingerprint density at radius 2 is 1.55 bits per heavy atom. The number of esters is 1. The SMILES string of the molecule is CO[C@H]1C[C@@H]2CC[C@@H](C)[C@@](O)(O2)C(=O)C(=O)N2CCCC[C@H]2C(=O)O[C@H]([C@H](C)C[C@H]2CC[C@@H](O)[C@H](OC)C2)CC(=O)[C@H](C)/C=C(\C)[C@@H](O)[C@@H](OC)C(=O)[C@H](C)C[C@H](C)/C=C/CCCC1C. The molecule has 1 amide bonds. The summed E-state index contributed by atoms with van der Waals surface area (Å²) in [5, 5.41) is 33.9. The molecule has 1 unspecified atom stereocenters. The number of allylic oxidation sites excluding steroid dienone is 3. The zero-order valence-corrected chi connectivity index (χ0v) is 41.1. The molecule has 0 spiro atoms. The van der Waals surface area contributed by atoms with Gasteiger partial charge in [0.2, 0.25) is 5.79 Å². The highest BCUT2D eigenvalue weighted by molar-refractivity contribution is 6.39. The van der Waals surface area contributed by atoms with Crippen molar-refractivity contribution in [1.29, 1.82) is 0 Å². The van der Waals surface area contributed by atoms with Crippen LogP contribution in [0.4, 0.5) is 0 Å². The number of hydrogen-bond donors (Lipinski definition) is 3. The second-order valence-electron chi connectivity index (χ2n) is 20.3. The molecule has 0 radical (unpaired) electrons. The van der Waals surface area contributed by atoms with Crippen LogP contribution >= 0.6 is 0 Å². The minimum absolute atomic E-state index is 0.0913. The third kappa shape index (κ3) is 14.6. The van der Waals surface area contributed by atoms with E-state index in [0.29, 0.717) is 63.4 Å². The summed E-state index contributed by atoms with van der Waals surface area (Å²) in [4.78, 5) is 71.9. The summed E-state index contributed by atoms with van der Waals surface area (Å²) in [7, 11) is 4.60. The molecule has 14 nitrogen and oxygen atoms in total. The lowest BCUT2D eigenvalue weighted by Gasteiger charge is -2.43. The number of nitrogens with zero attached hydrogens (tertiary/aromatic N) is 1. The number of aliphatic hydroxyl groups excluding tert-OH is 2. The van der Waals surface area contributed by atoms with Crippen LogP contribution in [-0.4, -0.2) is 132 Å². The Kier molecular flexibility index (Phi) is 21.5. The zero-order valence-electron chi connectivity index (χ0n) is 41.1. The summed E-state index contributed by atoms with van der Waals surface area (Å²) in [6.45, 7) is 13.1. The molecule has 0 aromatic carbocycles. The van der Waals surface area contributed by atoms with Crippen molar-refractivity contribution < 1.29 is 63.0 Å². The Morgan fingerprint density at radius 3 is 2.23 bits per heavy atom. The molecule has 14 heteroatoms. The summed E-state index contributed by atoms with van der Waals surface area (Å²) < 4.78 is 29.5. The lowest BCUT2D eigenvalue weighted by atomic mass is 9.78. The van der Waals surface area contributed by atoms with Crippen LogP contribution in [-0.2, 0) is 47.7 Å². The van der Waals surface area contributed by atoms with Gasteiger partial charge in [-0.3, -0.25) is 19.2 Å². The van der Waals surface area contributed by atoms with E-state index in [0.717, 1.165) is 25.7 Å². The molecular formula is C51H83NO13. The normalized spacial score (nSPS) is 40.6. The molecule has 2 saturated heterocycles. The van der Waals surface area contributed by atoms with Gasteiger partial charge in [0, 0.05) is 58.5 Å². The molecule has 3 fully saturated rings. The van der Waals surface area contributed by atoms with Gasteiger partial charge in [-0.05, 0) is 120 Å². The molecule has 4 aliphatic rings. The van der Waals surface area contributed by atoms with Gasteiger partial charge in [0.1, 0.15) is 30.1 Å². The highest BCUT2D eigenvalue weighted by Crippen LogP contribution is 2.38. The number of aliphatic hydroxyl groups is 3. The molecule has 1 saturated carbocycles. The zero-order chi connectivity index (χ0) is 48.2. The van der Waals surface area contributed by atoms with Crippen LogP contribution in [0.25, 0.3) is 0 Å². The van der Waals surface area contributed by atoms with Crippen LogP contribution in [0.2, 0.25) is 0 Å². The second-order valence-corrected chi connectivity index (χ2v) is 20.3. The van der Waals surface area contributed by atoms with E-state index in [2.05, 4.69) is 26.0 Å². The van der Waals surface area contributed by atoms with Gasteiger partial charge in [0.25, 0.3) is 11.7 Å². The van der Waals surface area contributed by atoms with Crippen molar-refractivity contribution in [2.75, 3.05) is 27.9 Å². The number of hydrogen-bond acceptors (Lipinski definition) is 13. The first-order valence-electron chi connectivity index (χ1n) is 24.6. The molecule has 3 aliphatic heterocycles. The number of ether oxygens (including phenoxy) is 5. The van der Waals surface area contributed by atoms with Crippen molar-refractivity contribution in [1.82, 2.24) is 4.90 Å². The van der Waals surface area contributed by atoms with Gasteiger partial charge in [-0.1, -0.05) is 59.8 Å². The van der Waals surface area contributed by atoms with E-state index < -0.39 is 77.8 Å². The first kappa shape index (κ1) is 54.8. The molecule has 0 aromatic rings. The fourth-order valence-electron chi connectivity index (χ4n) is 10.7. The van der Waals surface area contributed by atoms with Gasteiger partial charge in [0.05, 0.1) is 24.4 Å². The van der Waals surface area contributed by atoms with E-state index in [4.69, 9.17) is 23.7 Å². The van der Waals surface area contributed by atoms with Crippen molar-refractivity contribution >= 4 is 29.2 Å². The molecule has 2 bridgehead atoms. The topological polar surface area (TPSA) is 195 Å². The number of rotatable bonds is 6. The van der Waals surface area contributed by atoms with Gasteiger partial charge in [-0.2, -0.15) is 0 Å². The third-order valence-electron chi connectivity index (χ3n) is 15.1. The lowest BCUT2D eigenvalue weighted by molar-refractivity contribution is -0.267. The Balaban J connectivity index is 1.67. The number of ketones is 3. The quantitative estimate of drug-likeness (QED) is 0.149. The second kappa shape index (κ2) is 25.5. The van der Waals surface area contributed by atoms with Crippen LogP contribution in [0.5, 0.6) is 0 Å². The number of methoxy groups -OCH3 is 3. The Labute approximate surface area is 388 Å². The third-order valence-corrected chi connectivity index (χ3v) is 15.1. The molecule has 3 heterocycles. The fraction of sp³-hybridized carbons (Fsp3) is 0.824. The van der Waals surface area contributed by atoms with Gasteiger partial charge in [-0.15, -0.1) is 0 Å². The summed E-state index contributed by atoms with van der Waals surface area (Å²) >= 11 is 0. The van der Waals surface area contributed by atoms with Crippen LogP contribution < -0.4 is 0 Å². The first-order chi connectivity index (χ1) is 30.7. The maximum Gasteiger partial charge on any atom is 0.329 e. The molecule has 65 heavy (non-hydrogen) atoms. The van der Waals surface area contributed by atoms with Crippen molar-refractivity contribution in [3.8, 4) is 0 Å². The molecule has 0 aromatic heterocycles. The maximum absolute atomic E-state index is 14.4. The summed E-state index contributed by atoms with van der Waals surface area (Å²) in [6, 6.07) is -1.13. The number of amides is 1. The Morgan fingerprint density at radius 1 is 0.846 bits per heavy atom. The average Bonchev–Trinajstić information content (AvgIpc) is 3.28. The predicted molar refractivity (Wildman–Crippen MR) is 245 cm³/mol. The Hall–Kier alpha value is -2.85. The minimum atomic E-state index is -2.39. The lowest BCUT2D eigenvalue weighted by Crippen LogP contribution is -2.61. The number of cyclic esters (lactones) is 1. The van der Waals surface area contributed by atoms with Gasteiger partial charge in [-0.25, -0.2) is 4.79 Å². The van der Waals surface area contributed by atoms with Crippen LogP contribution in [0, 0.1) is 41.4 Å². The molecule has 3 N–H and O–H groups in total. The molecule has 4 rings (SSSR count).